The van der Waals surface area contributed by atoms with Gasteiger partial charge in [-0.2, -0.15) is 0 Å². The van der Waals surface area contributed by atoms with Crippen LogP contribution < -0.4 is 14.8 Å². The summed E-state index contributed by atoms with van der Waals surface area (Å²) in [5.74, 6) is 0.936. The third-order valence-electron chi connectivity index (χ3n) is 4.17. The Morgan fingerprint density at radius 1 is 0.966 bits per heavy atom. The van der Waals surface area contributed by atoms with E-state index in [4.69, 9.17) is 32.7 Å². The quantitative estimate of drug-likeness (QED) is 0.349. The standard InChI is InChI=1S/C22H19BrCl2FNO2/c1-2-28-21-10-14(12-27-16-8-6-15(26)7-9-16)18(23)11-22(21)29-13-17-19(24)4-3-5-20(17)25/h3-11,27H,2,12-13H2,1H3. The number of rotatable bonds is 8. The fourth-order valence-electron chi connectivity index (χ4n) is 2.68. The molecule has 0 unspecified atom stereocenters. The van der Waals surface area contributed by atoms with Crippen LogP contribution in [0.1, 0.15) is 18.1 Å². The minimum absolute atomic E-state index is 0.220. The van der Waals surface area contributed by atoms with Gasteiger partial charge in [0.25, 0.3) is 0 Å². The molecule has 0 aliphatic carbocycles. The third-order valence-corrected chi connectivity index (χ3v) is 5.62. The summed E-state index contributed by atoms with van der Waals surface area (Å²) in [4.78, 5) is 0. The second-order valence-corrected chi connectivity index (χ2v) is 7.84. The van der Waals surface area contributed by atoms with Crippen LogP contribution in [0.4, 0.5) is 10.1 Å². The minimum atomic E-state index is -0.268. The van der Waals surface area contributed by atoms with E-state index in [1.165, 1.54) is 12.1 Å². The second kappa shape index (κ2) is 10.2. The summed E-state index contributed by atoms with van der Waals surface area (Å²) in [5.41, 5.74) is 2.52. The number of ether oxygens (including phenoxy) is 2. The number of hydrogen-bond donors (Lipinski definition) is 1. The largest absolute Gasteiger partial charge is 0.490 e. The van der Waals surface area contributed by atoms with Crippen molar-refractivity contribution in [1.82, 2.24) is 0 Å². The van der Waals surface area contributed by atoms with Crippen LogP contribution in [-0.2, 0) is 13.2 Å². The van der Waals surface area contributed by atoms with Gasteiger partial charge in [0.15, 0.2) is 11.5 Å². The van der Waals surface area contributed by atoms with Gasteiger partial charge in [0.05, 0.1) is 6.61 Å². The molecule has 0 radical (unpaired) electrons. The van der Waals surface area contributed by atoms with E-state index >= 15 is 0 Å². The summed E-state index contributed by atoms with van der Waals surface area (Å²) in [5, 5.41) is 4.36. The first-order valence-corrected chi connectivity index (χ1v) is 10.5. The molecule has 3 rings (SSSR count). The number of hydrogen-bond acceptors (Lipinski definition) is 3. The van der Waals surface area contributed by atoms with Crippen molar-refractivity contribution >= 4 is 44.8 Å². The van der Waals surface area contributed by atoms with Crippen LogP contribution in [0, 0.1) is 5.82 Å². The summed E-state index contributed by atoms with van der Waals surface area (Å²) in [7, 11) is 0. The monoisotopic (exact) mass is 497 g/mol. The molecule has 0 amide bonds. The summed E-state index contributed by atoms with van der Waals surface area (Å²) in [6.45, 7) is 3.16. The van der Waals surface area contributed by atoms with Gasteiger partial charge in [-0.3, -0.25) is 0 Å². The van der Waals surface area contributed by atoms with Crippen LogP contribution >= 0.6 is 39.1 Å². The van der Waals surface area contributed by atoms with E-state index in [0.29, 0.717) is 34.7 Å². The lowest BCUT2D eigenvalue weighted by atomic mass is 10.2. The van der Waals surface area contributed by atoms with E-state index in [1.54, 1.807) is 30.3 Å². The molecular formula is C22H19BrCl2FNO2. The second-order valence-electron chi connectivity index (χ2n) is 6.17. The zero-order valence-electron chi connectivity index (χ0n) is 15.6. The Bertz CT molecular complexity index is 963. The van der Waals surface area contributed by atoms with Crippen molar-refractivity contribution in [3.8, 4) is 11.5 Å². The molecule has 7 heteroatoms. The van der Waals surface area contributed by atoms with E-state index in [2.05, 4.69) is 21.2 Å². The Morgan fingerprint density at radius 2 is 1.62 bits per heavy atom. The van der Waals surface area contributed by atoms with Gasteiger partial charge in [0, 0.05) is 32.3 Å². The summed E-state index contributed by atoms with van der Waals surface area (Å²) in [6, 6.07) is 15.3. The highest BCUT2D eigenvalue weighted by Crippen LogP contribution is 2.36. The van der Waals surface area contributed by atoms with Crippen LogP contribution in [0.2, 0.25) is 10.0 Å². The molecule has 0 saturated carbocycles. The smallest absolute Gasteiger partial charge is 0.162 e. The highest BCUT2D eigenvalue weighted by molar-refractivity contribution is 9.10. The Labute approximate surface area is 187 Å². The first-order valence-electron chi connectivity index (χ1n) is 8.98. The topological polar surface area (TPSA) is 30.5 Å². The first kappa shape index (κ1) is 21.8. The Hall–Kier alpha value is -1.95. The molecule has 0 atom stereocenters. The molecule has 0 spiro atoms. The molecule has 0 heterocycles. The molecule has 1 N–H and O–H groups in total. The van der Waals surface area contributed by atoms with Crippen molar-refractivity contribution in [1.29, 1.82) is 0 Å². The lowest BCUT2D eigenvalue weighted by Gasteiger charge is -2.16. The molecule has 0 aromatic heterocycles. The predicted molar refractivity (Wildman–Crippen MR) is 120 cm³/mol. The molecule has 29 heavy (non-hydrogen) atoms. The number of anilines is 1. The molecule has 3 aromatic carbocycles. The van der Waals surface area contributed by atoms with Crippen molar-refractivity contribution in [2.45, 2.75) is 20.1 Å². The van der Waals surface area contributed by atoms with Gasteiger partial charge in [-0.1, -0.05) is 45.2 Å². The van der Waals surface area contributed by atoms with E-state index in [0.717, 1.165) is 21.3 Å². The molecule has 0 saturated heterocycles. The zero-order chi connectivity index (χ0) is 20.8. The summed E-state index contributed by atoms with van der Waals surface area (Å²) in [6.07, 6.45) is 0. The molecular weight excluding hydrogens is 480 g/mol. The molecule has 3 aromatic rings. The van der Waals surface area contributed by atoms with Gasteiger partial charge in [0.2, 0.25) is 0 Å². The average molecular weight is 499 g/mol. The van der Waals surface area contributed by atoms with Crippen LogP contribution in [0.5, 0.6) is 11.5 Å². The van der Waals surface area contributed by atoms with Crippen LogP contribution in [-0.4, -0.2) is 6.61 Å². The van der Waals surface area contributed by atoms with E-state index < -0.39 is 0 Å². The van der Waals surface area contributed by atoms with E-state index in [1.807, 2.05) is 19.1 Å². The van der Waals surface area contributed by atoms with E-state index in [9.17, 15) is 4.39 Å². The number of benzene rings is 3. The van der Waals surface area contributed by atoms with Gasteiger partial charge in [-0.25, -0.2) is 4.39 Å². The number of halogens is 4. The van der Waals surface area contributed by atoms with Crippen molar-refractivity contribution < 1.29 is 13.9 Å². The Morgan fingerprint density at radius 3 is 2.28 bits per heavy atom. The van der Waals surface area contributed by atoms with Crippen LogP contribution in [0.15, 0.2) is 59.1 Å². The minimum Gasteiger partial charge on any atom is -0.490 e. The normalized spacial score (nSPS) is 10.7. The van der Waals surface area contributed by atoms with Crippen molar-refractivity contribution in [2.24, 2.45) is 0 Å². The van der Waals surface area contributed by atoms with Crippen molar-refractivity contribution in [3.05, 3.63) is 86.1 Å². The predicted octanol–water partition coefficient (Wildman–Crippen LogP) is 7.48. The number of nitrogens with one attached hydrogen (secondary N) is 1. The van der Waals surface area contributed by atoms with Gasteiger partial charge in [-0.05, 0) is 61.0 Å². The first-order chi connectivity index (χ1) is 14.0. The van der Waals surface area contributed by atoms with Crippen LogP contribution in [0.3, 0.4) is 0 Å². The van der Waals surface area contributed by atoms with Gasteiger partial charge >= 0.3 is 0 Å². The highest BCUT2D eigenvalue weighted by atomic mass is 79.9. The third kappa shape index (κ3) is 5.78. The maximum absolute atomic E-state index is 13.1. The van der Waals surface area contributed by atoms with Gasteiger partial charge in [0.1, 0.15) is 12.4 Å². The van der Waals surface area contributed by atoms with E-state index in [-0.39, 0.29) is 12.4 Å². The van der Waals surface area contributed by atoms with Gasteiger partial charge in [-0.15, -0.1) is 0 Å². The molecule has 0 aliphatic heterocycles. The highest BCUT2D eigenvalue weighted by Gasteiger charge is 2.13. The van der Waals surface area contributed by atoms with Crippen molar-refractivity contribution in [2.75, 3.05) is 11.9 Å². The van der Waals surface area contributed by atoms with Crippen molar-refractivity contribution in [3.63, 3.8) is 0 Å². The molecule has 0 fully saturated rings. The Balaban J connectivity index is 1.77. The fraction of sp³-hybridized carbons (Fsp3) is 0.182. The zero-order valence-corrected chi connectivity index (χ0v) is 18.7. The lowest BCUT2D eigenvalue weighted by molar-refractivity contribution is 0.269. The summed E-state index contributed by atoms with van der Waals surface area (Å²) >= 11 is 16.0. The fourth-order valence-corrected chi connectivity index (χ4v) is 3.65. The molecule has 3 nitrogen and oxygen atoms in total. The maximum Gasteiger partial charge on any atom is 0.162 e. The van der Waals surface area contributed by atoms with Gasteiger partial charge < -0.3 is 14.8 Å². The molecule has 0 bridgehead atoms. The summed E-state index contributed by atoms with van der Waals surface area (Å²) < 4.78 is 25.6. The maximum atomic E-state index is 13.1. The lowest BCUT2D eigenvalue weighted by Crippen LogP contribution is -2.04. The SMILES string of the molecule is CCOc1cc(CNc2ccc(F)cc2)c(Br)cc1OCc1c(Cl)cccc1Cl. The Kier molecular flexibility index (Phi) is 7.64. The average Bonchev–Trinajstić information content (AvgIpc) is 2.69. The van der Waals surface area contributed by atoms with Crippen LogP contribution in [0.25, 0.3) is 0 Å². The molecule has 152 valence electrons. The molecule has 0 aliphatic rings.